The Labute approximate surface area is 394 Å². The second-order valence-corrected chi connectivity index (χ2v) is 18.0. The highest BCUT2D eigenvalue weighted by Crippen LogP contribution is 2.13. The number of unbranched alkanes of at least 4 members (excludes halogenated alkanes) is 6. The molecule has 2 N–H and O–H groups in total. The van der Waals surface area contributed by atoms with E-state index in [0.717, 1.165) is 93.5 Å². The van der Waals surface area contributed by atoms with Gasteiger partial charge < -0.3 is 39.1 Å². The zero-order valence-corrected chi connectivity index (χ0v) is 40.5. The van der Waals surface area contributed by atoms with Crippen molar-refractivity contribution >= 4 is 59.6 Å². The Kier molecular flexibility index (Phi) is 29.6. The molecule has 0 radical (unpaired) electrons. The number of hydrogen-bond donors (Lipinski definition) is 2. The van der Waals surface area contributed by atoms with Gasteiger partial charge in [0.05, 0.1) is 13.2 Å². The molecule has 1 unspecified atom stereocenters. The summed E-state index contributed by atoms with van der Waals surface area (Å²) in [5.41, 5.74) is -4.24. The largest absolute Gasteiger partial charge is 0.463 e. The number of esters is 4. The summed E-state index contributed by atoms with van der Waals surface area (Å²) in [6.07, 6.45) is 9.14. The smallest absolute Gasteiger partial charge is 0.407 e. The predicted octanol–water partition coefficient (Wildman–Crippen LogP) is 4.28. The van der Waals surface area contributed by atoms with Crippen LogP contribution in [0.25, 0.3) is 0 Å². The second kappa shape index (κ2) is 33.3. The molecule has 0 saturated carbocycles. The summed E-state index contributed by atoms with van der Waals surface area (Å²) in [7, 11) is 0. The van der Waals surface area contributed by atoms with Gasteiger partial charge in [-0.05, 0) is 82.3 Å². The number of alkyl carbamates (subject to hydrolysis) is 2. The standard InChI is InChI=1S/C44H69N5O15S2/c1-8-35(51)62-31-43(6,30-61-34(5)50)45-38(54)59-24-16-12-14-18-26-65-28-20-22-48-40(56)47(11-4)41(57)49(42(48)58)23-21-29-66-27-19-15-13-17-25-60-39(55)46-44(7,32-63-36(52)9-2)33-64-37(53)10-3/h8-10H,1-3,11-33H2,4-7H3,(H,45,54)(H,46,55). The van der Waals surface area contributed by atoms with Crippen LogP contribution in [0.1, 0.15) is 91.9 Å². The topological polar surface area (TPSA) is 248 Å². The number of thioether (sulfide) groups is 2. The molecule has 372 valence electrons. The van der Waals surface area contributed by atoms with Gasteiger partial charge in [-0.2, -0.15) is 23.5 Å². The molecule has 0 spiro atoms. The molecule has 1 aromatic rings. The molecule has 0 aliphatic carbocycles. The van der Waals surface area contributed by atoms with Gasteiger partial charge in [-0.15, -0.1) is 0 Å². The monoisotopic (exact) mass is 971 g/mol. The fourth-order valence-corrected chi connectivity index (χ4v) is 7.65. The van der Waals surface area contributed by atoms with Gasteiger partial charge in [0.15, 0.2) is 0 Å². The van der Waals surface area contributed by atoms with Crippen LogP contribution >= 0.6 is 23.5 Å². The van der Waals surface area contributed by atoms with Crippen LogP contribution < -0.4 is 27.7 Å². The lowest BCUT2D eigenvalue weighted by atomic mass is 10.1. The fourth-order valence-electron chi connectivity index (χ4n) is 5.76. The van der Waals surface area contributed by atoms with E-state index < -0.39 is 64.2 Å². The molecule has 0 aliphatic rings. The average molecular weight is 972 g/mol. The zero-order valence-electron chi connectivity index (χ0n) is 38.9. The number of carbonyl (C=O) groups excluding carboxylic acids is 6. The summed E-state index contributed by atoms with van der Waals surface area (Å²) >= 11 is 3.41. The van der Waals surface area contributed by atoms with Gasteiger partial charge in [-0.25, -0.2) is 52.1 Å². The Balaban J connectivity index is 2.37. The van der Waals surface area contributed by atoms with Crippen molar-refractivity contribution in [2.24, 2.45) is 0 Å². The molecule has 22 heteroatoms. The third kappa shape index (κ3) is 24.9. The number of ether oxygens (including phenoxy) is 6. The molecule has 0 aromatic carbocycles. The number of carbonyl (C=O) groups is 6. The van der Waals surface area contributed by atoms with Crippen molar-refractivity contribution in [1.29, 1.82) is 0 Å². The fraction of sp³-hybridized carbons (Fsp3) is 0.659. The number of hydrogen-bond acceptors (Lipinski definition) is 17. The number of rotatable bonds is 36. The average Bonchev–Trinajstić information content (AvgIpc) is 3.28. The maximum atomic E-state index is 13.3. The minimum absolute atomic E-state index is 0.148. The first kappa shape index (κ1) is 58.8. The van der Waals surface area contributed by atoms with Crippen LogP contribution in [0, 0.1) is 0 Å². The molecule has 1 heterocycles. The minimum Gasteiger partial charge on any atom is -0.463 e. The molecule has 0 aliphatic heterocycles. The Hall–Kier alpha value is -5.25. The highest BCUT2D eigenvalue weighted by atomic mass is 32.2. The molecule has 0 bridgehead atoms. The molecule has 2 amide bonds. The van der Waals surface area contributed by atoms with Crippen molar-refractivity contribution in [3.8, 4) is 0 Å². The molecule has 1 rings (SSSR count). The highest BCUT2D eigenvalue weighted by Gasteiger charge is 2.32. The molecule has 1 atom stereocenters. The van der Waals surface area contributed by atoms with Gasteiger partial charge in [0, 0.05) is 44.8 Å². The van der Waals surface area contributed by atoms with E-state index in [1.54, 1.807) is 37.4 Å². The first-order chi connectivity index (χ1) is 31.4. The minimum atomic E-state index is -1.24. The number of aromatic nitrogens is 3. The normalized spacial score (nSPS) is 11.9. The van der Waals surface area contributed by atoms with E-state index in [9.17, 15) is 43.2 Å². The van der Waals surface area contributed by atoms with Crippen LogP contribution in [-0.2, 0) is 67.2 Å². The lowest BCUT2D eigenvalue weighted by molar-refractivity contribution is -0.147. The number of nitrogens with zero attached hydrogens (tertiary/aromatic N) is 3. The lowest BCUT2D eigenvalue weighted by Crippen LogP contribution is -2.54. The molecule has 0 fully saturated rings. The Bertz CT molecular complexity index is 1910. The van der Waals surface area contributed by atoms with Crippen LogP contribution in [0.3, 0.4) is 0 Å². The van der Waals surface area contributed by atoms with Crippen molar-refractivity contribution in [3.63, 3.8) is 0 Å². The number of nitrogens with one attached hydrogen (secondary N) is 2. The first-order valence-electron chi connectivity index (χ1n) is 22.0. The Morgan fingerprint density at radius 2 is 0.848 bits per heavy atom. The third-order valence-electron chi connectivity index (χ3n) is 9.38. The third-order valence-corrected chi connectivity index (χ3v) is 11.7. The summed E-state index contributed by atoms with van der Waals surface area (Å²) in [5, 5.41) is 5.17. The van der Waals surface area contributed by atoms with E-state index in [-0.39, 0.29) is 59.3 Å². The molecule has 0 saturated heterocycles. The van der Waals surface area contributed by atoms with Gasteiger partial charge in [-0.1, -0.05) is 45.4 Å². The van der Waals surface area contributed by atoms with Gasteiger partial charge in [0.2, 0.25) is 0 Å². The van der Waals surface area contributed by atoms with Gasteiger partial charge >= 0.3 is 53.1 Å². The Morgan fingerprint density at radius 3 is 1.20 bits per heavy atom. The predicted molar refractivity (Wildman–Crippen MR) is 252 cm³/mol. The zero-order chi connectivity index (χ0) is 49.4. The van der Waals surface area contributed by atoms with E-state index in [1.807, 2.05) is 0 Å². The van der Waals surface area contributed by atoms with Gasteiger partial charge in [-0.3, -0.25) is 4.79 Å². The van der Waals surface area contributed by atoms with Crippen molar-refractivity contribution in [2.45, 2.75) is 123 Å². The van der Waals surface area contributed by atoms with Gasteiger partial charge in [0.25, 0.3) is 0 Å². The summed E-state index contributed by atoms with van der Waals surface area (Å²) in [6.45, 7) is 15.8. The molecule has 66 heavy (non-hydrogen) atoms. The first-order valence-corrected chi connectivity index (χ1v) is 24.3. The highest BCUT2D eigenvalue weighted by molar-refractivity contribution is 7.99. The summed E-state index contributed by atoms with van der Waals surface area (Å²) in [5.74, 6) is 0.540. The molecule has 1 aromatic heterocycles. The summed E-state index contributed by atoms with van der Waals surface area (Å²) < 4.78 is 34.0. The maximum absolute atomic E-state index is 13.3. The number of amides is 2. The Morgan fingerprint density at radius 1 is 0.515 bits per heavy atom. The van der Waals surface area contributed by atoms with E-state index in [1.165, 1.54) is 13.8 Å². The SMILES string of the molecule is C=CC(=O)OCC(C)(COC(C)=O)NC(=O)OCCCCCCSCCCn1c(=O)n(CC)c(=O)n(CCCSCCCCCCOC(=O)NC(C)(COC(=O)C=C)COC(=O)C=C)c1=O. The molecule has 20 nitrogen and oxygen atoms in total. The van der Waals surface area contributed by atoms with Crippen molar-refractivity contribution in [1.82, 2.24) is 24.3 Å². The van der Waals surface area contributed by atoms with E-state index in [0.29, 0.717) is 25.7 Å². The van der Waals surface area contributed by atoms with Gasteiger partial charge in [0.1, 0.15) is 37.5 Å². The van der Waals surface area contributed by atoms with Crippen LogP contribution in [-0.4, -0.2) is 123 Å². The summed E-state index contributed by atoms with van der Waals surface area (Å²) in [6, 6.07) is 0. The molecular weight excluding hydrogens is 903 g/mol. The van der Waals surface area contributed by atoms with Crippen molar-refractivity contribution < 1.29 is 57.2 Å². The quantitative estimate of drug-likeness (QED) is 0.0412. The summed E-state index contributed by atoms with van der Waals surface area (Å²) in [4.78, 5) is 110. The van der Waals surface area contributed by atoms with Crippen LogP contribution in [0.2, 0.25) is 0 Å². The molecular formula is C44H69N5O15S2. The van der Waals surface area contributed by atoms with Crippen LogP contribution in [0.5, 0.6) is 0 Å². The lowest BCUT2D eigenvalue weighted by Gasteiger charge is -2.29. The second-order valence-electron chi connectivity index (χ2n) is 15.5. The van der Waals surface area contributed by atoms with Crippen molar-refractivity contribution in [3.05, 3.63) is 69.4 Å². The maximum Gasteiger partial charge on any atom is 0.407 e. The van der Waals surface area contributed by atoms with Crippen LogP contribution in [0.15, 0.2) is 52.3 Å². The van der Waals surface area contributed by atoms with E-state index in [4.69, 9.17) is 28.4 Å². The van der Waals surface area contributed by atoms with E-state index in [2.05, 4.69) is 30.4 Å². The van der Waals surface area contributed by atoms with E-state index >= 15 is 0 Å². The van der Waals surface area contributed by atoms with Crippen LogP contribution in [0.4, 0.5) is 9.59 Å². The van der Waals surface area contributed by atoms with Crippen molar-refractivity contribution in [2.75, 3.05) is 62.7 Å².